The fourth-order valence-electron chi connectivity index (χ4n) is 3.91. The topological polar surface area (TPSA) is 75.5 Å². The van der Waals surface area contributed by atoms with Crippen LogP contribution in [0.2, 0.25) is 0 Å². The van der Waals surface area contributed by atoms with Crippen molar-refractivity contribution in [3.63, 3.8) is 0 Å². The first kappa shape index (κ1) is 23.1. The van der Waals surface area contributed by atoms with E-state index in [1.165, 1.54) is 39.3 Å². The Morgan fingerprint density at radius 3 is 2.15 bits per heavy atom. The normalized spacial score (nSPS) is 15.2. The molecule has 0 bridgehead atoms. The summed E-state index contributed by atoms with van der Waals surface area (Å²) in [6, 6.07) is 15.7. The predicted molar refractivity (Wildman–Crippen MR) is 126 cm³/mol. The summed E-state index contributed by atoms with van der Waals surface area (Å²) in [5.41, 5.74) is 1.26. The van der Waals surface area contributed by atoms with E-state index >= 15 is 0 Å². The van der Waals surface area contributed by atoms with E-state index in [9.17, 15) is 17.6 Å². The lowest BCUT2D eigenvalue weighted by atomic mass is 10.0. The van der Waals surface area contributed by atoms with Gasteiger partial charge in [0, 0.05) is 32.2 Å². The Labute approximate surface area is 193 Å². The number of hydrogen-bond acceptors (Lipinski definition) is 5. The second-order valence-electron chi connectivity index (χ2n) is 8.55. The van der Waals surface area contributed by atoms with Crippen LogP contribution in [0.15, 0.2) is 70.4 Å². The lowest BCUT2D eigenvalue weighted by Crippen LogP contribution is -2.49. The Hall–Kier alpha value is -3.04. The van der Waals surface area contributed by atoms with E-state index in [4.69, 9.17) is 0 Å². The van der Waals surface area contributed by atoms with Gasteiger partial charge < -0.3 is 4.90 Å². The average molecular weight is 471 g/mol. The molecule has 0 amide bonds. The van der Waals surface area contributed by atoms with Gasteiger partial charge in [-0.25, -0.2) is 12.8 Å². The average Bonchev–Trinajstić information content (AvgIpc) is 2.80. The zero-order chi connectivity index (χ0) is 23.6. The summed E-state index contributed by atoms with van der Waals surface area (Å²) >= 11 is 0. The van der Waals surface area contributed by atoms with Gasteiger partial charge in [-0.15, -0.1) is 5.10 Å². The van der Waals surface area contributed by atoms with Crippen LogP contribution in [0.3, 0.4) is 0 Å². The van der Waals surface area contributed by atoms with Crippen LogP contribution in [0.25, 0.3) is 5.69 Å². The number of halogens is 1. The monoisotopic (exact) mass is 470 g/mol. The Kier molecular flexibility index (Phi) is 6.62. The molecule has 1 saturated heterocycles. The zero-order valence-corrected chi connectivity index (χ0v) is 19.5. The molecule has 1 fully saturated rings. The third-order valence-corrected chi connectivity index (χ3v) is 7.54. The molecule has 33 heavy (non-hydrogen) atoms. The third-order valence-electron chi connectivity index (χ3n) is 5.63. The smallest absolute Gasteiger partial charge is 0.271 e. The Bertz CT molecular complexity index is 1260. The molecular formula is C24H27FN4O3S. The molecule has 1 aliphatic heterocycles. The summed E-state index contributed by atoms with van der Waals surface area (Å²) in [5.74, 6) is 0.676. The van der Waals surface area contributed by atoms with Crippen molar-refractivity contribution in [1.82, 2.24) is 14.1 Å². The maximum atomic E-state index is 13.2. The molecular weight excluding hydrogens is 443 g/mol. The highest BCUT2D eigenvalue weighted by Crippen LogP contribution is 2.21. The molecule has 1 aromatic heterocycles. The molecule has 0 unspecified atom stereocenters. The molecule has 174 valence electrons. The lowest BCUT2D eigenvalue weighted by Gasteiger charge is -2.34. The van der Waals surface area contributed by atoms with Crippen LogP contribution in [-0.2, 0) is 16.4 Å². The number of rotatable bonds is 6. The highest BCUT2D eigenvalue weighted by molar-refractivity contribution is 7.89. The van der Waals surface area contributed by atoms with Gasteiger partial charge in [0.2, 0.25) is 10.0 Å². The summed E-state index contributed by atoms with van der Waals surface area (Å²) < 4.78 is 42.1. The number of sulfonamides is 1. The minimum atomic E-state index is -3.58. The van der Waals surface area contributed by atoms with Crippen LogP contribution in [-0.4, -0.2) is 48.7 Å². The first-order chi connectivity index (χ1) is 15.7. The molecule has 1 aliphatic rings. The van der Waals surface area contributed by atoms with Crippen LogP contribution in [0.5, 0.6) is 0 Å². The molecule has 0 N–H and O–H groups in total. The molecule has 0 aliphatic carbocycles. The van der Waals surface area contributed by atoms with Crippen molar-refractivity contribution in [3.05, 3.63) is 82.4 Å². The molecule has 0 radical (unpaired) electrons. The van der Waals surface area contributed by atoms with E-state index in [1.54, 1.807) is 18.2 Å². The highest BCUT2D eigenvalue weighted by Gasteiger charge is 2.29. The van der Waals surface area contributed by atoms with Crippen molar-refractivity contribution in [2.24, 2.45) is 5.92 Å². The minimum absolute atomic E-state index is 0.298. The standard InChI is InChI=1S/C24H27FN4O3S/c1-18(2)17-19-3-9-22(10-4-19)33(31,32)28-15-13-27(14-16-28)23-11-12-24(30)29(26-23)21-7-5-20(25)6-8-21/h3-12,18H,13-17H2,1-2H3. The quantitative estimate of drug-likeness (QED) is 0.554. The molecule has 0 saturated carbocycles. The molecule has 3 aromatic rings. The first-order valence-corrected chi connectivity index (χ1v) is 12.4. The number of anilines is 1. The van der Waals surface area contributed by atoms with Crippen LogP contribution in [0.4, 0.5) is 10.2 Å². The van der Waals surface area contributed by atoms with E-state index in [-0.39, 0.29) is 5.56 Å². The van der Waals surface area contributed by atoms with Gasteiger partial charge in [0.25, 0.3) is 5.56 Å². The summed E-state index contributed by atoms with van der Waals surface area (Å²) in [7, 11) is -3.58. The maximum Gasteiger partial charge on any atom is 0.271 e. The van der Waals surface area contributed by atoms with Crippen molar-refractivity contribution in [3.8, 4) is 5.69 Å². The van der Waals surface area contributed by atoms with E-state index < -0.39 is 15.8 Å². The van der Waals surface area contributed by atoms with Gasteiger partial charge in [0.15, 0.2) is 0 Å². The summed E-state index contributed by atoms with van der Waals surface area (Å²) in [5, 5.41) is 4.41. The molecule has 7 nitrogen and oxygen atoms in total. The second kappa shape index (κ2) is 9.44. The molecule has 2 heterocycles. The number of hydrogen-bond donors (Lipinski definition) is 0. The second-order valence-corrected chi connectivity index (χ2v) is 10.5. The van der Waals surface area contributed by atoms with Gasteiger partial charge in [-0.1, -0.05) is 26.0 Å². The SMILES string of the molecule is CC(C)Cc1ccc(S(=O)(=O)N2CCN(c3ccc(=O)n(-c4ccc(F)cc4)n3)CC2)cc1. The Morgan fingerprint density at radius 2 is 1.55 bits per heavy atom. The van der Waals surface area contributed by atoms with E-state index in [1.807, 2.05) is 17.0 Å². The summed E-state index contributed by atoms with van der Waals surface area (Å²) in [4.78, 5) is 14.5. The number of aromatic nitrogens is 2. The van der Waals surface area contributed by atoms with Crippen molar-refractivity contribution >= 4 is 15.8 Å². The van der Waals surface area contributed by atoms with Crippen LogP contribution in [0, 0.1) is 11.7 Å². The molecule has 0 atom stereocenters. The first-order valence-electron chi connectivity index (χ1n) is 10.9. The summed E-state index contributed by atoms with van der Waals surface area (Å²) in [6.07, 6.45) is 0.909. The third kappa shape index (κ3) is 5.15. The van der Waals surface area contributed by atoms with Crippen molar-refractivity contribution in [2.75, 3.05) is 31.1 Å². The zero-order valence-electron chi connectivity index (χ0n) is 18.7. The molecule has 2 aromatic carbocycles. The highest BCUT2D eigenvalue weighted by atomic mass is 32.2. The van der Waals surface area contributed by atoms with Gasteiger partial charge in [0.05, 0.1) is 10.6 Å². The largest absolute Gasteiger partial charge is 0.353 e. The predicted octanol–water partition coefficient (Wildman–Crippen LogP) is 3.08. The van der Waals surface area contributed by atoms with Crippen LogP contribution in [0.1, 0.15) is 19.4 Å². The number of benzene rings is 2. The molecule has 0 spiro atoms. The van der Waals surface area contributed by atoms with Crippen LogP contribution < -0.4 is 10.5 Å². The Balaban J connectivity index is 1.47. The van der Waals surface area contributed by atoms with Gasteiger partial charge >= 0.3 is 0 Å². The number of piperazine rings is 1. The van der Waals surface area contributed by atoms with Gasteiger partial charge in [-0.05, 0) is 60.4 Å². The maximum absolute atomic E-state index is 13.2. The fourth-order valence-corrected chi connectivity index (χ4v) is 5.34. The van der Waals surface area contributed by atoms with Gasteiger partial charge in [-0.2, -0.15) is 8.99 Å². The number of nitrogens with zero attached hydrogens (tertiary/aromatic N) is 4. The van der Waals surface area contributed by atoms with E-state index in [0.29, 0.717) is 48.5 Å². The molecule has 4 rings (SSSR count). The summed E-state index contributed by atoms with van der Waals surface area (Å²) in [6.45, 7) is 5.77. The van der Waals surface area contributed by atoms with Crippen molar-refractivity contribution in [1.29, 1.82) is 0 Å². The lowest BCUT2D eigenvalue weighted by molar-refractivity contribution is 0.383. The fraction of sp³-hybridized carbons (Fsp3) is 0.333. The van der Waals surface area contributed by atoms with E-state index in [2.05, 4.69) is 18.9 Å². The van der Waals surface area contributed by atoms with Gasteiger partial charge in [-0.3, -0.25) is 4.79 Å². The minimum Gasteiger partial charge on any atom is -0.353 e. The van der Waals surface area contributed by atoms with Crippen molar-refractivity contribution in [2.45, 2.75) is 25.2 Å². The van der Waals surface area contributed by atoms with E-state index in [0.717, 1.165) is 12.0 Å². The van der Waals surface area contributed by atoms with Crippen LogP contribution >= 0.6 is 0 Å². The Morgan fingerprint density at radius 1 is 0.909 bits per heavy atom. The van der Waals surface area contributed by atoms with Gasteiger partial charge in [0.1, 0.15) is 11.6 Å². The van der Waals surface area contributed by atoms with Crippen molar-refractivity contribution < 1.29 is 12.8 Å². The molecule has 9 heteroatoms.